The van der Waals surface area contributed by atoms with E-state index in [1.54, 1.807) is 7.11 Å². The van der Waals surface area contributed by atoms with Crippen molar-refractivity contribution in [2.24, 2.45) is 0 Å². The summed E-state index contributed by atoms with van der Waals surface area (Å²) < 4.78 is 21.2. The molecule has 134 valence electrons. The molecule has 1 fully saturated rings. The van der Waals surface area contributed by atoms with Crippen molar-refractivity contribution in [2.45, 2.75) is 83.5 Å². The number of unbranched alkanes of at least 4 members (excludes halogenated alkanes) is 4. The minimum atomic E-state index is -0.568. The first-order chi connectivity index (χ1) is 11.2. The topological polar surface area (TPSA) is 54.0 Å². The number of cyclic esters (lactones) is 2. The second-order valence-corrected chi connectivity index (χ2v) is 5.98. The first-order valence-electron chi connectivity index (χ1n) is 8.87. The Morgan fingerprint density at radius 3 is 2.57 bits per heavy atom. The first kappa shape index (κ1) is 20.0. The molecule has 0 radical (unpaired) electrons. The third-order valence-electron chi connectivity index (χ3n) is 3.95. The molecule has 0 N–H and O–H groups in total. The van der Waals surface area contributed by atoms with Crippen LogP contribution in [0.4, 0.5) is 4.79 Å². The lowest BCUT2D eigenvalue weighted by Crippen LogP contribution is -2.21. The van der Waals surface area contributed by atoms with Gasteiger partial charge in [0, 0.05) is 7.11 Å². The Morgan fingerprint density at radius 1 is 1.13 bits per heavy atom. The van der Waals surface area contributed by atoms with Gasteiger partial charge in [0.05, 0.1) is 6.10 Å². The summed E-state index contributed by atoms with van der Waals surface area (Å²) in [7, 11) is 1.61. The van der Waals surface area contributed by atoms with Gasteiger partial charge in [-0.15, -0.1) is 0 Å². The molecular formula is C18H32O5. The molecule has 1 rings (SSSR count). The normalized spacial score (nSPS) is 22.3. The van der Waals surface area contributed by atoms with Crippen LogP contribution in [0.2, 0.25) is 0 Å². The monoisotopic (exact) mass is 328 g/mol. The number of hydrogen-bond donors (Lipinski definition) is 0. The minimum absolute atomic E-state index is 0.0166. The molecular weight excluding hydrogens is 296 g/mol. The van der Waals surface area contributed by atoms with Gasteiger partial charge in [-0.2, -0.15) is 0 Å². The predicted octanol–water partition coefficient (Wildman–Crippen LogP) is 4.60. The van der Waals surface area contributed by atoms with Crippen LogP contribution in [0.5, 0.6) is 0 Å². The zero-order valence-corrected chi connectivity index (χ0v) is 14.8. The van der Waals surface area contributed by atoms with Crippen LogP contribution in [0.1, 0.15) is 65.2 Å². The highest BCUT2D eigenvalue weighted by atomic mass is 16.8. The fourth-order valence-electron chi connectivity index (χ4n) is 2.61. The summed E-state index contributed by atoms with van der Waals surface area (Å²) in [4.78, 5) is 11.4. The fraction of sp³-hybridized carbons (Fsp3) is 0.833. The van der Waals surface area contributed by atoms with Gasteiger partial charge in [0.1, 0.15) is 12.9 Å². The third-order valence-corrected chi connectivity index (χ3v) is 3.95. The van der Waals surface area contributed by atoms with Crippen molar-refractivity contribution in [2.75, 3.05) is 13.9 Å². The summed E-state index contributed by atoms with van der Waals surface area (Å²) in [6, 6.07) is 0. The number of carbonyl (C=O) groups excluding carboxylic acids is 1. The summed E-state index contributed by atoms with van der Waals surface area (Å²) in [5, 5.41) is 0. The van der Waals surface area contributed by atoms with E-state index in [9.17, 15) is 4.79 Å². The van der Waals surface area contributed by atoms with Gasteiger partial charge in [0.15, 0.2) is 6.10 Å². The second kappa shape index (κ2) is 12.4. The van der Waals surface area contributed by atoms with E-state index in [1.165, 1.54) is 12.8 Å². The Balaban J connectivity index is 2.51. The summed E-state index contributed by atoms with van der Waals surface area (Å²) in [6.07, 6.45) is 11.4. The highest BCUT2D eigenvalue weighted by Crippen LogP contribution is 2.22. The number of methoxy groups -OCH3 is 1. The van der Waals surface area contributed by atoms with E-state index in [0.29, 0.717) is 0 Å². The van der Waals surface area contributed by atoms with Crippen LogP contribution < -0.4 is 0 Å². The number of rotatable bonds is 13. The average molecular weight is 328 g/mol. The van der Waals surface area contributed by atoms with Crippen molar-refractivity contribution >= 4 is 6.16 Å². The quantitative estimate of drug-likeness (QED) is 0.214. The highest BCUT2D eigenvalue weighted by Gasteiger charge is 2.34. The van der Waals surface area contributed by atoms with Crippen molar-refractivity contribution in [3.8, 4) is 0 Å². The molecule has 0 spiro atoms. The Morgan fingerprint density at radius 2 is 1.87 bits per heavy atom. The standard InChI is InChI=1S/C18H32O5/c1-4-6-8-10-15(21-14-20-3)12-13-17-16(11-9-7-5-2)22-18(19)23-17/h12-13,15-17H,4-11,14H2,1-3H3/b13-12-/t15-,16-,17-/m0/s1. The number of ether oxygens (including phenoxy) is 4. The molecule has 0 saturated carbocycles. The van der Waals surface area contributed by atoms with Gasteiger partial charge in [-0.1, -0.05) is 52.0 Å². The van der Waals surface area contributed by atoms with Crippen molar-refractivity contribution in [1.82, 2.24) is 0 Å². The summed E-state index contributed by atoms with van der Waals surface area (Å²) >= 11 is 0. The summed E-state index contributed by atoms with van der Waals surface area (Å²) in [5.74, 6) is 0. The van der Waals surface area contributed by atoms with E-state index in [1.807, 2.05) is 12.2 Å². The average Bonchev–Trinajstić information content (AvgIpc) is 2.90. The van der Waals surface area contributed by atoms with Crippen LogP contribution in [-0.4, -0.2) is 38.4 Å². The van der Waals surface area contributed by atoms with E-state index >= 15 is 0 Å². The van der Waals surface area contributed by atoms with Crippen molar-refractivity contribution in [3.63, 3.8) is 0 Å². The summed E-state index contributed by atoms with van der Waals surface area (Å²) in [5.41, 5.74) is 0. The maximum Gasteiger partial charge on any atom is 0.509 e. The first-order valence-corrected chi connectivity index (χ1v) is 8.87. The Bertz CT molecular complexity index is 342. The van der Waals surface area contributed by atoms with E-state index in [2.05, 4.69) is 13.8 Å². The van der Waals surface area contributed by atoms with Gasteiger partial charge in [-0.25, -0.2) is 4.79 Å². The van der Waals surface area contributed by atoms with Gasteiger partial charge in [-0.05, 0) is 25.3 Å². The van der Waals surface area contributed by atoms with Crippen LogP contribution in [0, 0.1) is 0 Å². The number of hydrogen-bond acceptors (Lipinski definition) is 5. The molecule has 1 heterocycles. The predicted molar refractivity (Wildman–Crippen MR) is 89.3 cm³/mol. The molecule has 0 aromatic rings. The lowest BCUT2D eigenvalue weighted by Gasteiger charge is -2.15. The summed E-state index contributed by atoms with van der Waals surface area (Å²) in [6.45, 7) is 4.60. The minimum Gasteiger partial charge on any atom is -0.427 e. The largest absolute Gasteiger partial charge is 0.509 e. The van der Waals surface area contributed by atoms with Gasteiger partial charge in [-0.3, -0.25) is 0 Å². The van der Waals surface area contributed by atoms with Crippen LogP contribution in [0.25, 0.3) is 0 Å². The highest BCUT2D eigenvalue weighted by molar-refractivity contribution is 5.63. The maximum absolute atomic E-state index is 11.4. The van der Waals surface area contributed by atoms with Gasteiger partial charge in [0.2, 0.25) is 0 Å². The second-order valence-electron chi connectivity index (χ2n) is 5.98. The zero-order valence-electron chi connectivity index (χ0n) is 14.8. The maximum atomic E-state index is 11.4. The van der Waals surface area contributed by atoms with Gasteiger partial charge in [0.25, 0.3) is 0 Å². The van der Waals surface area contributed by atoms with E-state index in [-0.39, 0.29) is 25.1 Å². The Kier molecular flexibility index (Phi) is 10.7. The van der Waals surface area contributed by atoms with E-state index in [0.717, 1.165) is 38.5 Å². The molecule has 0 amide bonds. The lowest BCUT2D eigenvalue weighted by atomic mass is 10.0. The molecule has 23 heavy (non-hydrogen) atoms. The van der Waals surface area contributed by atoms with Crippen LogP contribution in [0.15, 0.2) is 12.2 Å². The molecule has 1 saturated heterocycles. The molecule has 0 aromatic heterocycles. The molecule has 0 aliphatic carbocycles. The van der Waals surface area contributed by atoms with E-state index in [4.69, 9.17) is 18.9 Å². The Hall–Kier alpha value is -1.07. The Labute approximate surface area is 140 Å². The van der Waals surface area contributed by atoms with Gasteiger partial charge < -0.3 is 18.9 Å². The lowest BCUT2D eigenvalue weighted by molar-refractivity contribution is -0.0582. The molecule has 1 aliphatic rings. The van der Waals surface area contributed by atoms with Crippen LogP contribution in [-0.2, 0) is 18.9 Å². The zero-order chi connectivity index (χ0) is 16.9. The molecule has 0 unspecified atom stereocenters. The smallest absolute Gasteiger partial charge is 0.427 e. The fourth-order valence-corrected chi connectivity index (χ4v) is 2.61. The molecule has 3 atom stereocenters. The van der Waals surface area contributed by atoms with Crippen LogP contribution >= 0.6 is 0 Å². The molecule has 0 aromatic carbocycles. The van der Waals surface area contributed by atoms with Crippen molar-refractivity contribution in [3.05, 3.63) is 12.2 Å². The number of carbonyl (C=O) groups is 1. The molecule has 1 aliphatic heterocycles. The molecule has 5 heteroatoms. The SMILES string of the molecule is CCCCC[C@@H](/C=C\[C@@H]1OC(=O)O[C@H]1CCCCC)OCOC. The van der Waals surface area contributed by atoms with E-state index < -0.39 is 6.16 Å². The van der Waals surface area contributed by atoms with Crippen LogP contribution in [0.3, 0.4) is 0 Å². The molecule has 0 bridgehead atoms. The van der Waals surface area contributed by atoms with Crippen molar-refractivity contribution < 1.29 is 23.7 Å². The third kappa shape index (κ3) is 8.37. The van der Waals surface area contributed by atoms with Gasteiger partial charge >= 0.3 is 6.16 Å². The van der Waals surface area contributed by atoms with Crippen molar-refractivity contribution in [1.29, 1.82) is 0 Å². The molecule has 5 nitrogen and oxygen atoms in total.